The van der Waals surface area contributed by atoms with Gasteiger partial charge in [0.15, 0.2) is 11.6 Å². The summed E-state index contributed by atoms with van der Waals surface area (Å²) in [6.45, 7) is 0. The van der Waals surface area contributed by atoms with Crippen LogP contribution >= 0.6 is 0 Å². The summed E-state index contributed by atoms with van der Waals surface area (Å²) in [5.41, 5.74) is 3.74. The zero-order valence-electron chi connectivity index (χ0n) is 15.6. The number of anilines is 1. The van der Waals surface area contributed by atoms with Crippen LogP contribution < -0.4 is 5.32 Å². The van der Waals surface area contributed by atoms with Gasteiger partial charge in [0.05, 0.1) is 15.3 Å². The Morgan fingerprint density at radius 1 is 1.19 bits per heavy atom. The Balaban J connectivity index is 1.85. The van der Waals surface area contributed by atoms with Crippen molar-refractivity contribution in [3.8, 4) is 0 Å². The van der Waals surface area contributed by atoms with Crippen molar-refractivity contribution in [2.24, 2.45) is 4.36 Å². The second kappa shape index (κ2) is 7.48. The molecular weight excluding hydrogens is 360 g/mol. The number of nitrogens with zero attached hydrogens (tertiary/aromatic N) is 1. The number of rotatable bonds is 5. The molecule has 0 saturated heterocycles. The van der Waals surface area contributed by atoms with Crippen LogP contribution in [0.25, 0.3) is 6.08 Å². The van der Waals surface area contributed by atoms with Gasteiger partial charge in [-0.15, -0.1) is 0 Å². The fourth-order valence-corrected chi connectivity index (χ4v) is 4.00. The lowest BCUT2D eigenvalue weighted by Crippen LogP contribution is -2.21. The Hall–Kier alpha value is -2.73. The van der Waals surface area contributed by atoms with Crippen molar-refractivity contribution in [1.82, 2.24) is 0 Å². The summed E-state index contributed by atoms with van der Waals surface area (Å²) in [6.07, 6.45) is 3.62. The predicted molar refractivity (Wildman–Crippen MR) is 109 cm³/mol. The maximum atomic E-state index is 12.7. The molecule has 2 aromatic rings. The zero-order chi connectivity index (χ0) is 19.6. The van der Waals surface area contributed by atoms with Gasteiger partial charge in [-0.1, -0.05) is 24.3 Å². The molecule has 27 heavy (non-hydrogen) atoms. The number of carbonyl (C=O) groups excluding carboxylic acids is 2. The van der Waals surface area contributed by atoms with E-state index in [0.717, 1.165) is 22.4 Å². The molecule has 0 aliphatic heterocycles. The highest BCUT2D eigenvalue weighted by molar-refractivity contribution is 7.93. The van der Waals surface area contributed by atoms with E-state index in [1.54, 1.807) is 36.6 Å². The highest BCUT2D eigenvalue weighted by Gasteiger charge is 2.25. The van der Waals surface area contributed by atoms with Gasteiger partial charge in [-0.05, 0) is 41.0 Å². The number of benzene rings is 2. The molecule has 0 heterocycles. The first-order valence-electron chi connectivity index (χ1n) is 8.62. The normalized spacial score (nSPS) is 15.4. The monoisotopic (exact) mass is 382 g/mol. The summed E-state index contributed by atoms with van der Waals surface area (Å²) >= 11 is 0. The minimum absolute atomic E-state index is 0.132. The molecule has 2 aromatic carbocycles. The summed E-state index contributed by atoms with van der Waals surface area (Å²) in [5.74, 6) is -0.362. The molecule has 6 heteroatoms. The van der Waals surface area contributed by atoms with Crippen LogP contribution in [0.2, 0.25) is 0 Å². The maximum absolute atomic E-state index is 12.7. The van der Waals surface area contributed by atoms with E-state index in [0.29, 0.717) is 4.90 Å². The number of hydrogen-bond acceptors (Lipinski definition) is 5. The smallest absolute Gasteiger partial charge is 0.170 e. The molecule has 0 bridgehead atoms. The fourth-order valence-electron chi connectivity index (χ4n) is 3.15. The predicted octanol–water partition coefficient (Wildman–Crippen LogP) is 3.14. The first-order chi connectivity index (χ1) is 12.9. The first-order valence-corrected chi connectivity index (χ1v) is 10.5. The Morgan fingerprint density at radius 2 is 1.89 bits per heavy atom. The summed E-state index contributed by atoms with van der Waals surface area (Å²) in [6, 6.07) is 12.7. The third-order valence-corrected chi connectivity index (χ3v) is 6.64. The molecule has 0 saturated carbocycles. The standard InChI is InChI=1S/C21H22N2O3S/c1-22-19-6-4-5-15-12-18(21(25)13-17(15)19)20(24)11-14-7-9-16(10-8-14)27(3,26)23-2/h4-10,12,22H,11,13H2,1-3H3. The van der Waals surface area contributed by atoms with Gasteiger partial charge in [-0.3, -0.25) is 9.59 Å². The molecule has 0 aromatic heterocycles. The van der Waals surface area contributed by atoms with Gasteiger partial charge in [0.25, 0.3) is 0 Å². The SMILES string of the molecule is CN=S(C)(=O)c1ccc(CC(=O)C2=Cc3cccc(NC)c3CC2=O)cc1. The van der Waals surface area contributed by atoms with Crippen LogP contribution in [0.15, 0.2) is 57.3 Å². The number of allylic oxidation sites excluding steroid dienone is 1. The van der Waals surface area contributed by atoms with Crippen LogP contribution in [0.4, 0.5) is 5.69 Å². The molecule has 3 rings (SSSR count). The Kier molecular flexibility index (Phi) is 5.28. The zero-order valence-corrected chi connectivity index (χ0v) is 16.4. The van der Waals surface area contributed by atoms with Crippen LogP contribution in [0.3, 0.4) is 0 Å². The lowest BCUT2D eigenvalue weighted by Gasteiger charge is -2.18. The molecule has 0 spiro atoms. The second-order valence-corrected chi connectivity index (χ2v) is 8.95. The Morgan fingerprint density at radius 3 is 2.52 bits per heavy atom. The lowest BCUT2D eigenvalue weighted by molar-refractivity contribution is -0.120. The molecule has 1 unspecified atom stereocenters. The van der Waals surface area contributed by atoms with Crippen LogP contribution in [0, 0.1) is 0 Å². The topological polar surface area (TPSA) is 75.6 Å². The summed E-state index contributed by atoms with van der Waals surface area (Å²) in [5, 5.41) is 3.08. The summed E-state index contributed by atoms with van der Waals surface area (Å²) < 4.78 is 16.2. The van der Waals surface area contributed by atoms with Gasteiger partial charge >= 0.3 is 0 Å². The number of ketones is 2. The van der Waals surface area contributed by atoms with Crippen LogP contribution in [-0.4, -0.2) is 36.1 Å². The van der Waals surface area contributed by atoms with Gasteiger partial charge in [0.2, 0.25) is 0 Å². The van der Waals surface area contributed by atoms with Gasteiger partial charge in [-0.2, -0.15) is 0 Å². The first kappa shape index (κ1) is 19.0. The Bertz CT molecular complexity index is 1060. The Labute approximate surface area is 159 Å². The lowest BCUT2D eigenvalue weighted by atomic mass is 9.87. The van der Waals surface area contributed by atoms with Gasteiger partial charge < -0.3 is 5.32 Å². The largest absolute Gasteiger partial charge is 0.388 e. The molecule has 1 aliphatic carbocycles. The summed E-state index contributed by atoms with van der Waals surface area (Å²) in [4.78, 5) is 25.8. The minimum Gasteiger partial charge on any atom is -0.388 e. The van der Waals surface area contributed by atoms with E-state index in [4.69, 9.17) is 0 Å². The molecule has 1 N–H and O–H groups in total. The number of hydrogen-bond donors (Lipinski definition) is 1. The molecule has 5 nitrogen and oxygen atoms in total. The van der Waals surface area contributed by atoms with E-state index < -0.39 is 9.73 Å². The quantitative estimate of drug-likeness (QED) is 0.806. The molecule has 0 fully saturated rings. The van der Waals surface area contributed by atoms with Gasteiger partial charge in [-0.25, -0.2) is 8.57 Å². The molecule has 1 aliphatic rings. The number of nitrogens with one attached hydrogen (secondary N) is 1. The van der Waals surface area contributed by atoms with Crippen LogP contribution in [-0.2, 0) is 32.2 Å². The summed E-state index contributed by atoms with van der Waals surface area (Å²) in [7, 11) is 0.946. The molecule has 1 atom stereocenters. The van der Waals surface area contributed by atoms with E-state index in [-0.39, 0.29) is 30.0 Å². The molecular formula is C21H22N2O3S. The fraction of sp³-hybridized carbons (Fsp3) is 0.238. The van der Waals surface area contributed by atoms with Crippen molar-refractivity contribution in [2.45, 2.75) is 17.7 Å². The van der Waals surface area contributed by atoms with E-state index in [1.807, 2.05) is 25.2 Å². The van der Waals surface area contributed by atoms with Crippen molar-refractivity contribution in [3.63, 3.8) is 0 Å². The van der Waals surface area contributed by atoms with Crippen molar-refractivity contribution in [1.29, 1.82) is 0 Å². The van der Waals surface area contributed by atoms with E-state index in [1.165, 1.54) is 7.05 Å². The van der Waals surface area contributed by atoms with Crippen LogP contribution in [0.5, 0.6) is 0 Å². The molecule has 0 amide bonds. The average molecular weight is 382 g/mol. The van der Waals surface area contributed by atoms with Crippen molar-refractivity contribution in [3.05, 3.63) is 64.7 Å². The van der Waals surface area contributed by atoms with Crippen LogP contribution in [0.1, 0.15) is 16.7 Å². The third-order valence-electron chi connectivity index (χ3n) is 4.79. The average Bonchev–Trinajstić information content (AvgIpc) is 2.67. The van der Waals surface area contributed by atoms with E-state index in [2.05, 4.69) is 9.68 Å². The highest BCUT2D eigenvalue weighted by atomic mass is 32.2. The highest BCUT2D eigenvalue weighted by Crippen LogP contribution is 2.28. The molecule has 140 valence electrons. The third kappa shape index (κ3) is 3.85. The number of fused-ring (bicyclic) bond motifs is 1. The number of Topliss-reactive ketones (excluding diaryl/α,β-unsaturated/α-hetero) is 2. The van der Waals surface area contributed by atoms with E-state index >= 15 is 0 Å². The second-order valence-electron chi connectivity index (χ2n) is 6.51. The van der Waals surface area contributed by atoms with Gasteiger partial charge in [0, 0.05) is 43.8 Å². The number of carbonyl (C=O) groups is 2. The van der Waals surface area contributed by atoms with Crippen molar-refractivity contribution < 1.29 is 13.8 Å². The van der Waals surface area contributed by atoms with Crippen molar-refractivity contribution in [2.75, 3.05) is 25.7 Å². The molecule has 0 radical (unpaired) electrons. The van der Waals surface area contributed by atoms with Gasteiger partial charge in [0.1, 0.15) is 0 Å². The minimum atomic E-state index is -2.39. The maximum Gasteiger partial charge on any atom is 0.170 e. The van der Waals surface area contributed by atoms with E-state index in [9.17, 15) is 13.8 Å². The van der Waals surface area contributed by atoms with Crippen molar-refractivity contribution >= 4 is 33.1 Å².